The van der Waals surface area contributed by atoms with E-state index in [9.17, 15) is 5.11 Å². The smallest absolute Gasteiger partial charge is 0.120 e. The summed E-state index contributed by atoms with van der Waals surface area (Å²) in [6, 6.07) is 6.23. The van der Waals surface area contributed by atoms with Crippen LogP contribution in [0.15, 0.2) is 22.7 Å². The summed E-state index contributed by atoms with van der Waals surface area (Å²) in [6.45, 7) is 7.66. The van der Waals surface area contributed by atoms with Gasteiger partial charge in [0.05, 0.1) is 0 Å². The van der Waals surface area contributed by atoms with E-state index in [-0.39, 0.29) is 6.04 Å². The van der Waals surface area contributed by atoms with Crippen molar-refractivity contribution in [3.05, 3.63) is 28.2 Å². The molecule has 0 aliphatic rings. The van der Waals surface area contributed by atoms with Gasteiger partial charge in [-0.2, -0.15) is 0 Å². The number of hydrogen-bond donors (Lipinski definition) is 2. The van der Waals surface area contributed by atoms with Crippen molar-refractivity contribution in [1.29, 1.82) is 0 Å². The van der Waals surface area contributed by atoms with E-state index in [1.807, 2.05) is 12.1 Å². The number of halogens is 1. The third-order valence-corrected chi connectivity index (χ3v) is 4.04. The first-order valence-corrected chi connectivity index (χ1v) is 8.52. The van der Waals surface area contributed by atoms with Crippen molar-refractivity contribution in [2.45, 2.75) is 45.7 Å². The van der Waals surface area contributed by atoms with Gasteiger partial charge in [0.15, 0.2) is 0 Å². The average molecular weight is 357 g/mol. The maximum absolute atomic E-state index is 10.1. The first kappa shape index (κ1) is 18.5. The zero-order valence-corrected chi connectivity index (χ0v) is 15.4. The van der Waals surface area contributed by atoms with Gasteiger partial charge in [0.25, 0.3) is 0 Å². The van der Waals surface area contributed by atoms with Crippen LogP contribution in [0.2, 0.25) is 0 Å². The van der Waals surface area contributed by atoms with Gasteiger partial charge in [-0.25, -0.2) is 0 Å². The Hall–Kier alpha value is -0.580. The monoisotopic (exact) mass is 356 g/mol. The van der Waals surface area contributed by atoms with E-state index in [4.69, 9.17) is 0 Å². The summed E-state index contributed by atoms with van der Waals surface area (Å²) in [5.74, 6) is 1.02. The van der Waals surface area contributed by atoms with Crippen LogP contribution in [0.25, 0.3) is 0 Å². The Labute approximate surface area is 137 Å². The van der Waals surface area contributed by atoms with Gasteiger partial charge >= 0.3 is 0 Å². The largest absolute Gasteiger partial charge is 0.508 e. The molecule has 3 nitrogen and oxygen atoms in total. The lowest BCUT2D eigenvalue weighted by Crippen LogP contribution is -2.41. The molecule has 0 amide bonds. The minimum absolute atomic E-state index is 0.172. The number of benzene rings is 1. The van der Waals surface area contributed by atoms with E-state index in [2.05, 4.69) is 61.0 Å². The summed E-state index contributed by atoms with van der Waals surface area (Å²) in [4.78, 5) is 2.22. The molecule has 2 atom stereocenters. The molecule has 1 aromatic carbocycles. The van der Waals surface area contributed by atoms with Crippen molar-refractivity contribution >= 4 is 15.9 Å². The lowest BCUT2D eigenvalue weighted by Gasteiger charge is -2.29. The highest BCUT2D eigenvalue weighted by Gasteiger charge is 2.20. The van der Waals surface area contributed by atoms with Gasteiger partial charge in [0, 0.05) is 28.7 Å². The molecular weight excluding hydrogens is 328 g/mol. The molecule has 0 aromatic heterocycles. The molecular formula is C17H29BrN2O. The minimum atomic E-state index is 0.172. The second-order valence-electron chi connectivity index (χ2n) is 6.42. The Bertz CT molecular complexity index is 425. The quantitative estimate of drug-likeness (QED) is 0.733. The maximum Gasteiger partial charge on any atom is 0.120 e. The van der Waals surface area contributed by atoms with Crippen molar-refractivity contribution in [3.63, 3.8) is 0 Å². The molecule has 1 rings (SSSR count). The summed E-state index contributed by atoms with van der Waals surface area (Å²) in [5, 5.41) is 13.9. The van der Waals surface area contributed by atoms with Crippen LogP contribution in [0.5, 0.6) is 5.75 Å². The van der Waals surface area contributed by atoms with Crippen LogP contribution in [-0.2, 0) is 0 Å². The first-order chi connectivity index (χ1) is 9.83. The fourth-order valence-electron chi connectivity index (χ4n) is 2.72. The summed E-state index contributed by atoms with van der Waals surface area (Å²) in [6.07, 6.45) is 2.08. The van der Waals surface area contributed by atoms with E-state index < -0.39 is 0 Å². The van der Waals surface area contributed by atoms with E-state index >= 15 is 0 Å². The number of aromatic hydroxyl groups is 1. The van der Waals surface area contributed by atoms with Gasteiger partial charge in [-0.3, -0.25) is 0 Å². The zero-order chi connectivity index (χ0) is 16.0. The molecule has 0 saturated heterocycles. The van der Waals surface area contributed by atoms with E-state index in [1.54, 1.807) is 6.07 Å². The zero-order valence-electron chi connectivity index (χ0n) is 13.9. The summed E-state index contributed by atoms with van der Waals surface area (Å²) < 4.78 is 1.00. The molecule has 0 heterocycles. The summed E-state index contributed by atoms with van der Waals surface area (Å²) in [5.41, 5.74) is 0.972. The average Bonchev–Trinajstić information content (AvgIpc) is 2.37. The topological polar surface area (TPSA) is 35.5 Å². The van der Waals surface area contributed by atoms with Gasteiger partial charge in [-0.1, -0.05) is 36.7 Å². The van der Waals surface area contributed by atoms with Gasteiger partial charge < -0.3 is 15.3 Å². The van der Waals surface area contributed by atoms with Crippen molar-refractivity contribution < 1.29 is 5.11 Å². The standard InChI is InChI=1S/C17H29BrN2O/c1-6-16(15-10-13(18)7-8-17(15)21)19-14(9-12(2)3)11-20(4)5/h7-8,10,12,14,16,19,21H,6,9,11H2,1-5H3. The number of nitrogens with one attached hydrogen (secondary N) is 1. The molecule has 0 aliphatic heterocycles. The van der Waals surface area contributed by atoms with Gasteiger partial charge in [-0.05, 0) is 51.1 Å². The molecule has 21 heavy (non-hydrogen) atoms. The Morgan fingerprint density at radius 1 is 1.29 bits per heavy atom. The lowest BCUT2D eigenvalue weighted by molar-refractivity contribution is 0.282. The van der Waals surface area contributed by atoms with Gasteiger partial charge in [0.2, 0.25) is 0 Å². The number of phenols is 1. The maximum atomic E-state index is 10.1. The normalized spacial score (nSPS) is 14.7. The molecule has 0 saturated carbocycles. The van der Waals surface area contributed by atoms with Crippen LogP contribution < -0.4 is 5.32 Å². The molecule has 4 heteroatoms. The van der Waals surface area contributed by atoms with Gasteiger partial charge in [-0.15, -0.1) is 0 Å². The van der Waals surface area contributed by atoms with Crippen LogP contribution in [0.3, 0.4) is 0 Å². The second-order valence-corrected chi connectivity index (χ2v) is 7.34. The van der Waals surface area contributed by atoms with Crippen molar-refractivity contribution in [1.82, 2.24) is 10.2 Å². The molecule has 0 fully saturated rings. The number of hydrogen-bond acceptors (Lipinski definition) is 3. The summed E-state index contributed by atoms with van der Waals surface area (Å²) in [7, 11) is 4.21. The van der Waals surface area contributed by atoms with Crippen LogP contribution in [0.1, 0.15) is 45.2 Å². The lowest BCUT2D eigenvalue weighted by atomic mass is 9.98. The van der Waals surface area contributed by atoms with E-state index in [0.717, 1.165) is 29.4 Å². The molecule has 0 aliphatic carbocycles. The van der Waals surface area contributed by atoms with Crippen LogP contribution in [-0.4, -0.2) is 36.7 Å². The fraction of sp³-hybridized carbons (Fsp3) is 0.647. The number of nitrogens with zero attached hydrogens (tertiary/aromatic N) is 1. The molecule has 0 radical (unpaired) electrons. The molecule has 120 valence electrons. The Morgan fingerprint density at radius 2 is 1.95 bits per heavy atom. The van der Waals surface area contributed by atoms with Crippen LogP contribution in [0, 0.1) is 5.92 Å². The molecule has 0 spiro atoms. The number of rotatable bonds is 8. The highest BCUT2D eigenvalue weighted by Crippen LogP contribution is 2.30. The SMILES string of the molecule is CCC(NC(CC(C)C)CN(C)C)c1cc(Br)ccc1O. The van der Waals surface area contributed by atoms with Crippen LogP contribution in [0.4, 0.5) is 0 Å². The van der Waals surface area contributed by atoms with Crippen molar-refractivity contribution in [2.24, 2.45) is 5.92 Å². The predicted molar refractivity (Wildman–Crippen MR) is 93.8 cm³/mol. The van der Waals surface area contributed by atoms with Crippen molar-refractivity contribution in [2.75, 3.05) is 20.6 Å². The first-order valence-electron chi connectivity index (χ1n) is 7.72. The van der Waals surface area contributed by atoms with Crippen LogP contribution >= 0.6 is 15.9 Å². The number of likely N-dealkylation sites (N-methyl/N-ethyl adjacent to an activating group) is 1. The Kier molecular flexibility index (Phi) is 7.71. The second kappa shape index (κ2) is 8.76. The number of phenolic OH excluding ortho intramolecular Hbond substituents is 1. The van der Waals surface area contributed by atoms with Crippen molar-refractivity contribution in [3.8, 4) is 5.75 Å². The third kappa shape index (κ3) is 6.37. The van der Waals surface area contributed by atoms with E-state index in [0.29, 0.717) is 17.7 Å². The highest BCUT2D eigenvalue weighted by atomic mass is 79.9. The summed E-state index contributed by atoms with van der Waals surface area (Å²) >= 11 is 3.49. The molecule has 2 N–H and O–H groups in total. The Morgan fingerprint density at radius 3 is 2.48 bits per heavy atom. The van der Waals surface area contributed by atoms with Gasteiger partial charge in [0.1, 0.15) is 5.75 Å². The molecule has 0 bridgehead atoms. The fourth-order valence-corrected chi connectivity index (χ4v) is 3.10. The molecule has 2 unspecified atom stereocenters. The third-order valence-electron chi connectivity index (χ3n) is 3.55. The predicted octanol–water partition coefficient (Wildman–Crippen LogP) is 4.17. The molecule has 1 aromatic rings. The Balaban J connectivity index is 2.88. The highest BCUT2D eigenvalue weighted by molar-refractivity contribution is 9.10. The minimum Gasteiger partial charge on any atom is -0.508 e. The van der Waals surface area contributed by atoms with E-state index in [1.165, 1.54) is 0 Å².